The van der Waals surface area contributed by atoms with Crippen LogP contribution in [0.5, 0.6) is 11.5 Å². The average molecular weight is 490 g/mol. The zero-order valence-electron chi connectivity index (χ0n) is 21.4. The van der Waals surface area contributed by atoms with Crippen LogP contribution in [-0.4, -0.2) is 59.4 Å². The second-order valence-corrected chi connectivity index (χ2v) is 9.65. The number of piperazine rings is 1. The molecule has 2 atom stereocenters. The molecule has 3 aromatic rings. The van der Waals surface area contributed by atoms with Crippen molar-refractivity contribution in [2.75, 3.05) is 26.8 Å². The van der Waals surface area contributed by atoms with Crippen LogP contribution < -0.4 is 9.47 Å². The Morgan fingerprint density at radius 1 is 1.03 bits per heavy atom. The van der Waals surface area contributed by atoms with Crippen LogP contribution in [0.3, 0.4) is 0 Å². The van der Waals surface area contributed by atoms with Gasteiger partial charge in [-0.05, 0) is 42.7 Å². The van der Waals surface area contributed by atoms with Gasteiger partial charge in [0.05, 0.1) is 26.3 Å². The summed E-state index contributed by atoms with van der Waals surface area (Å²) in [6, 6.07) is 13.0. The number of para-hydroxylation sites is 1. The average Bonchev–Trinajstić information content (AvgIpc) is 3.27. The first-order valence-corrected chi connectivity index (χ1v) is 13.1. The number of fused-ring (bicyclic) bond motifs is 4. The van der Waals surface area contributed by atoms with Crippen molar-refractivity contribution in [3.8, 4) is 11.5 Å². The molecule has 0 spiro atoms. The number of nitrogens with one attached hydrogen (secondary N) is 1. The molecule has 2 aliphatic heterocycles. The highest BCUT2D eigenvalue weighted by Gasteiger charge is 2.48. The Hall–Kier alpha value is -3.48. The molecule has 1 saturated heterocycles. The minimum Gasteiger partial charge on any atom is -0.493 e. The van der Waals surface area contributed by atoms with E-state index in [1.165, 1.54) is 0 Å². The monoisotopic (exact) mass is 489 g/mol. The van der Waals surface area contributed by atoms with E-state index >= 15 is 0 Å². The number of hydrogen-bond donors (Lipinski definition) is 1. The van der Waals surface area contributed by atoms with Crippen LogP contribution in [0.25, 0.3) is 10.9 Å². The number of ether oxygens (including phenoxy) is 2. The highest BCUT2D eigenvalue weighted by Crippen LogP contribution is 2.44. The van der Waals surface area contributed by atoms with Crippen molar-refractivity contribution in [1.29, 1.82) is 0 Å². The fourth-order valence-electron chi connectivity index (χ4n) is 5.72. The van der Waals surface area contributed by atoms with Crippen LogP contribution in [0.2, 0.25) is 0 Å². The number of aromatic amines is 1. The molecule has 7 heteroatoms. The molecule has 190 valence electrons. The van der Waals surface area contributed by atoms with E-state index in [9.17, 15) is 9.59 Å². The molecule has 1 N–H and O–H groups in total. The first kappa shape index (κ1) is 24.2. The molecule has 0 bridgehead atoms. The molecular weight excluding hydrogens is 454 g/mol. The van der Waals surface area contributed by atoms with Gasteiger partial charge < -0.3 is 24.3 Å². The Kier molecular flexibility index (Phi) is 6.90. The fraction of sp³-hybridized carbons (Fsp3) is 0.448. The SMILES string of the molecule is CCCCCCN1CC(=O)N2C(c3ccc(OCC)c(OC)c3)c3[nH]c4ccccc4c3C[C@H]2C1=O. The quantitative estimate of drug-likeness (QED) is 0.437. The fourth-order valence-corrected chi connectivity index (χ4v) is 5.72. The number of hydrogen-bond acceptors (Lipinski definition) is 4. The van der Waals surface area contributed by atoms with Gasteiger partial charge in [-0.1, -0.05) is 50.5 Å². The highest BCUT2D eigenvalue weighted by molar-refractivity contribution is 5.97. The lowest BCUT2D eigenvalue weighted by Gasteiger charge is -2.47. The molecular formula is C29H35N3O4. The van der Waals surface area contributed by atoms with E-state index in [0.717, 1.165) is 53.4 Å². The van der Waals surface area contributed by atoms with Crippen LogP contribution in [0.4, 0.5) is 0 Å². The van der Waals surface area contributed by atoms with E-state index in [1.54, 1.807) is 16.9 Å². The Bertz CT molecular complexity index is 1270. The maximum absolute atomic E-state index is 13.8. The van der Waals surface area contributed by atoms with Crippen LogP contribution in [-0.2, 0) is 16.0 Å². The third-order valence-electron chi connectivity index (χ3n) is 7.43. The number of unbranched alkanes of at least 4 members (excludes halogenated alkanes) is 3. The summed E-state index contributed by atoms with van der Waals surface area (Å²) in [5, 5.41) is 1.11. The topological polar surface area (TPSA) is 74.9 Å². The summed E-state index contributed by atoms with van der Waals surface area (Å²) in [5.74, 6) is 1.30. The second kappa shape index (κ2) is 10.2. The van der Waals surface area contributed by atoms with Crippen molar-refractivity contribution in [3.63, 3.8) is 0 Å². The summed E-state index contributed by atoms with van der Waals surface area (Å²) in [5.41, 5.74) is 3.99. The molecule has 1 aromatic heterocycles. The Balaban J connectivity index is 1.58. The van der Waals surface area contributed by atoms with Crippen molar-refractivity contribution in [2.45, 2.75) is 58.0 Å². The first-order valence-electron chi connectivity index (χ1n) is 13.1. The third kappa shape index (κ3) is 4.21. The van der Waals surface area contributed by atoms with Gasteiger partial charge in [-0.15, -0.1) is 0 Å². The van der Waals surface area contributed by atoms with Crippen LogP contribution in [0.1, 0.15) is 62.4 Å². The molecule has 1 unspecified atom stereocenters. The second-order valence-electron chi connectivity index (χ2n) is 9.65. The molecule has 0 saturated carbocycles. The summed E-state index contributed by atoms with van der Waals surface area (Å²) in [7, 11) is 1.62. The van der Waals surface area contributed by atoms with Gasteiger partial charge in [0, 0.05) is 29.6 Å². The van der Waals surface area contributed by atoms with Crippen LogP contribution >= 0.6 is 0 Å². The zero-order chi connectivity index (χ0) is 25.2. The van der Waals surface area contributed by atoms with E-state index in [4.69, 9.17) is 9.47 Å². The lowest BCUT2D eigenvalue weighted by atomic mass is 9.86. The first-order chi connectivity index (χ1) is 17.6. The minimum atomic E-state index is -0.522. The van der Waals surface area contributed by atoms with E-state index in [0.29, 0.717) is 31.1 Å². The van der Waals surface area contributed by atoms with Gasteiger partial charge in [-0.2, -0.15) is 0 Å². The van der Waals surface area contributed by atoms with Crippen molar-refractivity contribution < 1.29 is 19.1 Å². The molecule has 2 aliphatic rings. The number of aromatic nitrogens is 1. The number of carbonyl (C=O) groups excluding carboxylic acids is 2. The molecule has 2 aromatic carbocycles. The van der Waals surface area contributed by atoms with Gasteiger partial charge in [0.15, 0.2) is 11.5 Å². The largest absolute Gasteiger partial charge is 0.493 e. The normalized spacial score (nSPS) is 19.4. The number of methoxy groups -OCH3 is 1. The highest BCUT2D eigenvalue weighted by atomic mass is 16.5. The molecule has 0 aliphatic carbocycles. The van der Waals surface area contributed by atoms with Gasteiger partial charge in [0.1, 0.15) is 6.04 Å². The lowest BCUT2D eigenvalue weighted by molar-refractivity contribution is -0.158. The number of H-pyrrole nitrogens is 1. The Labute approximate surface area is 212 Å². The van der Waals surface area contributed by atoms with Crippen molar-refractivity contribution in [2.24, 2.45) is 0 Å². The lowest BCUT2D eigenvalue weighted by Crippen LogP contribution is -2.63. The summed E-state index contributed by atoms with van der Waals surface area (Å²) in [6.07, 6.45) is 4.80. The van der Waals surface area contributed by atoms with Crippen molar-refractivity contribution in [1.82, 2.24) is 14.8 Å². The summed E-state index contributed by atoms with van der Waals surface area (Å²) in [4.78, 5) is 34.6. The van der Waals surface area contributed by atoms with E-state index in [-0.39, 0.29) is 18.4 Å². The minimum absolute atomic E-state index is 0.0164. The molecule has 0 radical (unpaired) electrons. The Morgan fingerprint density at radius 2 is 1.86 bits per heavy atom. The van der Waals surface area contributed by atoms with Gasteiger partial charge in [-0.25, -0.2) is 0 Å². The maximum atomic E-state index is 13.8. The molecule has 3 heterocycles. The van der Waals surface area contributed by atoms with Gasteiger partial charge in [0.25, 0.3) is 0 Å². The number of nitrogens with zero attached hydrogens (tertiary/aromatic N) is 2. The van der Waals surface area contributed by atoms with Gasteiger partial charge in [0.2, 0.25) is 11.8 Å². The van der Waals surface area contributed by atoms with Crippen LogP contribution in [0, 0.1) is 0 Å². The molecule has 1 fully saturated rings. The number of rotatable bonds is 9. The van der Waals surface area contributed by atoms with Crippen molar-refractivity contribution >= 4 is 22.7 Å². The summed E-state index contributed by atoms with van der Waals surface area (Å²) >= 11 is 0. The molecule has 5 rings (SSSR count). The number of carbonyl (C=O) groups is 2. The predicted octanol–water partition coefficient (Wildman–Crippen LogP) is 4.84. The standard InChI is InChI=1S/C29H35N3O4/c1-4-6-7-10-15-31-18-26(33)32-23(29(31)34)17-21-20-11-8-9-12-22(20)30-27(21)28(32)19-13-14-24(36-5-2)25(16-19)35-3/h8-9,11-14,16,23,28,30H,4-7,10,15,17-18H2,1-3H3/t23-,28?/m0/s1. The van der Waals surface area contributed by atoms with Gasteiger partial charge in [-0.3, -0.25) is 9.59 Å². The smallest absolute Gasteiger partial charge is 0.246 e. The third-order valence-corrected chi connectivity index (χ3v) is 7.43. The molecule has 36 heavy (non-hydrogen) atoms. The Morgan fingerprint density at radius 3 is 2.64 bits per heavy atom. The van der Waals surface area contributed by atoms with Gasteiger partial charge >= 0.3 is 0 Å². The van der Waals surface area contributed by atoms with E-state index in [1.807, 2.05) is 43.3 Å². The molecule has 2 amide bonds. The summed E-state index contributed by atoms with van der Waals surface area (Å²) < 4.78 is 11.4. The van der Waals surface area contributed by atoms with Crippen LogP contribution in [0.15, 0.2) is 42.5 Å². The predicted molar refractivity (Wildman–Crippen MR) is 139 cm³/mol. The number of benzene rings is 2. The van der Waals surface area contributed by atoms with E-state index in [2.05, 4.69) is 18.0 Å². The molecule has 7 nitrogen and oxygen atoms in total. The number of amides is 2. The maximum Gasteiger partial charge on any atom is 0.246 e. The van der Waals surface area contributed by atoms with E-state index < -0.39 is 12.1 Å². The van der Waals surface area contributed by atoms with Crippen molar-refractivity contribution in [3.05, 3.63) is 59.3 Å². The summed E-state index contributed by atoms with van der Waals surface area (Å²) in [6.45, 7) is 5.39. The zero-order valence-corrected chi connectivity index (χ0v) is 21.4.